The number of halogens is 2. The largest absolute Gasteiger partial charge is 0.492 e. The third-order valence-electron chi connectivity index (χ3n) is 8.59. The fraction of sp³-hybridized carbons (Fsp3) is 0.270. The van der Waals surface area contributed by atoms with Crippen molar-refractivity contribution >= 4 is 16.7 Å². The van der Waals surface area contributed by atoms with Crippen LogP contribution >= 0.6 is 0 Å². The monoisotopic (exact) mass is 653 g/mol. The second-order valence-corrected chi connectivity index (χ2v) is 11.8. The maximum absolute atomic E-state index is 15.4. The number of ketones is 1. The average Bonchev–Trinajstić information content (AvgIpc) is 3.55. The highest BCUT2D eigenvalue weighted by atomic mass is 19.1. The smallest absolute Gasteiger partial charge is 0.269 e. The van der Waals surface area contributed by atoms with Crippen LogP contribution in [0.5, 0.6) is 23.0 Å². The van der Waals surface area contributed by atoms with Crippen LogP contribution in [-0.2, 0) is 17.6 Å². The number of benzene rings is 3. The van der Waals surface area contributed by atoms with Gasteiger partial charge in [-0.2, -0.15) is 0 Å². The molecule has 0 unspecified atom stereocenters. The first-order valence-corrected chi connectivity index (χ1v) is 15.8. The quantitative estimate of drug-likeness (QED) is 0.174. The minimum atomic E-state index is -0.664. The van der Waals surface area contributed by atoms with Crippen molar-refractivity contribution in [3.63, 3.8) is 0 Å². The van der Waals surface area contributed by atoms with E-state index in [0.29, 0.717) is 53.1 Å². The first kappa shape index (κ1) is 31.5. The summed E-state index contributed by atoms with van der Waals surface area (Å²) in [7, 11) is 0. The van der Waals surface area contributed by atoms with E-state index in [9.17, 15) is 14.0 Å². The molecule has 2 aromatic heterocycles. The number of fused-ring (bicyclic) bond motifs is 2. The fourth-order valence-electron chi connectivity index (χ4n) is 6.04. The van der Waals surface area contributed by atoms with E-state index in [1.165, 1.54) is 41.0 Å². The second-order valence-electron chi connectivity index (χ2n) is 11.8. The van der Waals surface area contributed by atoms with Gasteiger partial charge in [-0.05, 0) is 66.6 Å². The Morgan fingerprint density at radius 2 is 1.77 bits per heavy atom. The topological polar surface area (TPSA) is 92.1 Å². The molecule has 0 spiro atoms. The van der Waals surface area contributed by atoms with Gasteiger partial charge < -0.3 is 18.9 Å². The lowest BCUT2D eigenvalue weighted by molar-refractivity contribution is 0.0322. The maximum Gasteiger partial charge on any atom is 0.269 e. The molecule has 11 heteroatoms. The molecule has 0 amide bonds. The van der Waals surface area contributed by atoms with E-state index in [1.54, 1.807) is 24.5 Å². The van der Waals surface area contributed by atoms with E-state index in [2.05, 4.69) is 9.88 Å². The summed E-state index contributed by atoms with van der Waals surface area (Å²) < 4.78 is 53.5. The maximum atomic E-state index is 15.4. The minimum Gasteiger partial charge on any atom is -0.492 e. The fourth-order valence-corrected chi connectivity index (χ4v) is 6.04. The van der Waals surface area contributed by atoms with Crippen molar-refractivity contribution in [1.29, 1.82) is 0 Å². The molecule has 5 aromatic rings. The van der Waals surface area contributed by atoms with E-state index in [-0.39, 0.29) is 23.5 Å². The minimum absolute atomic E-state index is 0.0233. The number of hydrogen-bond donors (Lipinski definition) is 0. The van der Waals surface area contributed by atoms with Gasteiger partial charge in [0, 0.05) is 67.6 Å². The number of nitrogens with zero attached hydrogens (tertiary/aromatic N) is 3. The Morgan fingerprint density at radius 3 is 2.56 bits per heavy atom. The number of rotatable bonds is 10. The molecule has 3 aromatic carbocycles. The number of pyridine rings is 2. The van der Waals surface area contributed by atoms with E-state index in [4.69, 9.17) is 18.9 Å². The molecule has 4 heterocycles. The molecule has 1 saturated heterocycles. The molecule has 7 rings (SSSR count). The summed E-state index contributed by atoms with van der Waals surface area (Å²) in [6.07, 6.45) is 3.49. The standard InChI is InChI=1S/C37H33F2N3O6/c1-23-18-28-30(21-34(23)46-17-13-41-11-15-45-16-12-41)40-10-8-32(28)48-33-7-2-24(19-29(33)39)20-31(43)35-36-25(9-14-47-36)22-42(37(35)44)27-5-3-26(38)4-6-27/h2-8,10,18-19,21-22H,9,11-17,20H2,1H3. The number of Topliss-reactive ketones (excluding diaryl/α,β-unsaturated/α-hetero) is 1. The van der Waals surface area contributed by atoms with E-state index in [0.717, 1.165) is 44.2 Å². The number of aryl methyl sites for hydroxylation is 1. The van der Waals surface area contributed by atoms with Crippen molar-refractivity contribution in [2.75, 3.05) is 46.1 Å². The van der Waals surface area contributed by atoms with E-state index < -0.39 is 23.0 Å². The SMILES string of the molecule is Cc1cc2c(Oc3ccc(CC(=O)c4c5c(cn(-c6ccc(F)cc6)c4=O)CCO5)cc3F)ccnc2cc1OCCN1CCOCC1. The van der Waals surface area contributed by atoms with Gasteiger partial charge in [-0.25, -0.2) is 8.78 Å². The van der Waals surface area contributed by atoms with Gasteiger partial charge in [-0.3, -0.25) is 24.0 Å². The molecule has 1 fully saturated rings. The van der Waals surface area contributed by atoms with Gasteiger partial charge in [-0.15, -0.1) is 0 Å². The van der Waals surface area contributed by atoms with Crippen LogP contribution in [0.3, 0.4) is 0 Å². The van der Waals surface area contributed by atoms with Crippen molar-refractivity contribution in [2.45, 2.75) is 19.8 Å². The lowest BCUT2D eigenvalue weighted by Gasteiger charge is -2.26. The zero-order valence-electron chi connectivity index (χ0n) is 26.3. The van der Waals surface area contributed by atoms with Crippen LogP contribution < -0.4 is 19.8 Å². The van der Waals surface area contributed by atoms with Gasteiger partial charge in [0.25, 0.3) is 5.56 Å². The van der Waals surface area contributed by atoms with Crippen LogP contribution in [0, 0.1) is 18.6 Å². The molecule has 0 N–H and O–H groups in total. The summed E-state index contributed by atoms with van der Waals surface area (Å²) in [6, 6.07) is 15.1. The number of carbonyl (C=O) groups is 1. The summed E-state index contributed by atoms with van der Waals surface area (Å²) >= 11 is 0. The molecule has 0 saturated carbocycles. The summed E-state index contributed by atoms with van der Waals surface area (Å²) in [5.41, 5.74) is 2.32. The van der Waals surface area contributed by atoms with Gasteiger partial charge in [0.05, 0.1) is 25.3 Å². The number of ether oxygens (including phenoxy) is 4. The average molecular weight is 654 g/mol. The Hall–Kier alpha value is -5.13. The van der Waals surface area contributed by atoms with Crippen molar-refractivity contribution in [3.05, 3.63) is 117 Å². The third-order valence-corrected chi connectivity index (χ3v) is 8.59. The Bertz CT molecular complexity index is 2060. The molecule has 9 nitrogen and oxygen atoms in total. The Labute approximate surface area is 275 Å². The van der Waals surface area contributed by atoms with E-state index >= 15 is 4.39 Å². The molecule has 48 heavy (non-hydrogen) atoms. The van der Waals surface area contributed by atoms with Crippen molar-refractivity contribution in [1.82, 2.24) is 14.5 Å². The Morgan fingerprint density at radius 1 is 0.958 bits per heavy atom. The molecule has 0 atom stereocenters. The van der Waals surface area contributed by atoms with Crippen LogP contribution in [0.15, 0.2) is 77.9 Å². The summed E-state index contributed by atoms with van der Waals surface area (Å²) in [5, 5.41) is 0.699. The van der Waals surface area contributed by atoms with E-state index in [1.807, 2.05) is 19.1 Å². The normalized spacial score (nSPS) is 14.5. The second kappa shape index (κ2) is 13.5. The van der Waals surface area contributed by atoms with Crippen LogP contribution in [0.2, 0.25) is 0 Å². The van der Waals surface area contributed by atoms with Crippen molar-refractivity contribution in [2.24, 2.45) is 0 Å². The third kappa shape index (κ3) is 6.51. The number of carbonyl (C=O) groups excluding carboxylic acids is 1. The van der Waals surface area contributed by atoms with Gasteiger partial charge in [0.1, 0.15) is 35.2 Å². The number of hydrogen-bond acceptors (Lipinski definition) is 8. The molecule has 0 bridgehead atoms. The first-order chi connectivity index (χ1) is 23.3. The highest BCUT2D eigenvalue weighted by molar-refractivity contribution is 6.00. The lowest BCUT2D eigenvalue weighted by Crippen LogP contribution is -2.38. The number of aromatic nitrogens is 2. The predicted molar refractivity (Wildman–Crippen MR) is 175 cm³/mol. The van der Waals surface area contributed by atoms with Crippen LogP contribution in [0.1, 0.15) is 27.0 Å². The molecule has 246 valence electrons. The predicted octanol–water partition coefficient (Wildman–Crippen LogP) is 5.84. The zero-order chi connectivity index (χ0) is 33.2. The van der Waals surface area contributed by atoms with Crippen LogP contribution in [0.25, 0.3) is 16.6 Å². The highest BCUT2D eigenvalue weighted by Crippen LogP contribution is 2.35. The van der Waals surface area contributed by atoms with Crippen molar-refractivity contribution < 1.29 is 32.5 Å². The molecule has 0 radical (unpaired) electrons. The van der Waals surface area contributed by atoms with Crippen molar-refractivity contribution in [3.8, 4) is 28.7 Å². The van der Waals surface area contributed by atoms with Gasteiger partial charge in [0.15, 0.2) is 17.3 Å². The molecule has 0 aliphatic carbocycles. The van der Waals surface area contributed by atoms with Gasteiger partial charge in [-0.1, -0.05) is 6.07 Å². The van der Waals surface area contributed by atoms with Gasteiger partial charge in [0.2, 0.25) is 0 Å². The molecular weight excluding hydrogens is 620 g/mol. The Kier molecular flexibility index (Phi) is 8.88. The lowest BCUT2D eigenvalue weighted by atomic mass is 10.0. The van der Waals surface area contributed by atoms with Gasteiger partial charge >= 0.3 is 0 Å². The molecule has 2 aliphatic heterocycles. The highest BCUT2D eigenvalue weighted by Gasteiger charge is 2.27. The zero-order valence-corrected chi connectivity index (χ0v) is 26.3. The number of morpholine rings is 1. The summed E-state index contributed by atoms with van der Waals surface area (Å²) in [5.74, 6) is -0.254. The summed E-state index contributed by atoms with van der Waals surface area (Å²) in [4.78, 5) is 33.8. The van der Waals surface area contributed by atoms with Crippen LogP contribution in [0.4, 0.5) is 8.78 Å². The Balaban J connectivity index is 1.08. The van der Waals surface area contributed by atoms with Crippen LogP contribution in [-0.4, -0.2) is 66.3 Å². The molecule has 2 aliphatic rings. The first-order valence-electron chi connectivity index (χ1n) is 15.8. The summed E-state index contributed by atoms with van der Waals surface area (Å²) in [6.45, 7) is 6.84. The molecular formula is C37H33F2N3O6.